The van der Waals surface area contributed by atoms with E-state index in [1.807, 2.05) is 0 Å². The Balaban J connectivity index is 0.00000200. The van der Waals surface area contributed by atoms with E-state index in [2.05, 4.69) is 0 Å². The van der Waals surface area contributed by atoms with Crippen molar-refractivity contribution in [3.05, 3.63) is 29.6 Å². The van der Waals surface area contributed by atoms with Gasteiger partial charge in [0.05, 0.1) is 12.7 Å². The highest BCUT2D eigenvalue weighted by atomic mass is 35.5. The number of rotatable bonds is 3. The number of hydrogen-bond acceptors (Lipinski definition) is 3. The summed E-state index contributed by atoms with van der Waals surface area (Å²) in [4.78, 5) is 14.1. The van der Waals surface area contributed by atoms with Crippen LogP contribution < -0.4 is 10.5 Å². The number of halogens is 2. The molecule has 1 aliphatic heterocycles. The van der Waals surface area contributed by atoms with Gasteiger partial charge in [-0.25, -0.2) is 4.39 Å². The first-order valence-corrected chi connectivity index (χ1v) is 6.52. The normalized spacial score (nSPS) is 18.4. The minimum absolute atomic E-state index is 0. The van der Waals surface area contributed by atoms with Crippen molar-refractivity contribution in [2.75, 3.05) is 20.2 Å². The van der Waals surface area contributed by atoms with Crippen molar-refractivity contribution in [2.45, 2.75) is 25.3 Å². The number of ether oxygens (including phenoxy) is 1. The fraction of sp³-hybridized carbons (Fsp3) is 0.500. The monoisotopic (exact) mass is 302 g/mol. The summed E-state index contributed by atoms with van der Waals surface area (Å²) in [6.45, 7) is 1.07. The van der Waals surface area contributed by atoms with Gasteiger partial charge in [0.15, 0.2) is 0 Å². The summed E-state index contributed by atoms with van der Waals surface area (Å²) in [5, 5.41) is 0. The quantitative estimate of drug-likeness (QED) is 0.931. The van der Waals surface area contributed by atoms with Crippen LogP contribution in [0, 0.1) is 5.82 Å². The molecule has 1 atom stereocenters. The van der Waals surface area contributed by atoms with Gasteiger partial charge < -0.3 is 15.4 Å². The molecule has 0 spiro atoms. The molecule has 2 rings (SSSR count). The van der Waals surface area contributed by atoms with Crippen LogP contribution in [0.5, 0.6) is 5.75 Å². The first-order valence-electron chi connectivity index (χ1n) is 6.52. The number of hydrogen-bond donors (Lipinski definition) is 1. The minimum atomic E-state index is -0.550. The first kappa shape index (κ1) is 16.7. The standard InChI is InChI=1S/C14H19FN2O2.ClH/c1-19-11-5-6-12(13(15)8-11)14(18)17-7-3-2-4-10(17)9-16;/h5-6,8,10H,2-4,7,9,16H2,1H3;1H. The lowest BCUT2D eigenvalue weighted by atomic mass is 10.0. The molecule has 1 aromatic rings. The number of nitrogens with zero attached hydrogens (tertiary/aromatic N) is 1. The number of carbonyl (C=O) groups is 1. The van der Waals surface area contributed by atoms with E-state index >= 15 is 0 Å². The highest BCUT2D eigenvalue weighted by Gasteiger charge is 2.28. The maximum absolute atomic E-state index is 13.9. The second-order valence-corrected chi connectivity index (χ2v) is 4.73. The van der Waals surface area contributed by atoms with Crippen molar-refractivity contribution >= 4 is 18.3 Å². The van der Waals surface area contributed by atoms with E-state index in [1.165, 1.54) is 19.2 Å². The molecule has 0 aromatic heterocycles. The van der Waals surface area contributed by atoms with Crippen molar-refractivity contribution in [3.8, 4) is 5.75 Å². The smallest absolute Gasteiger partial charge is 0.257 e. The van der Waals surface area contributed by atoms with Crippen molar-refractivity contribution in [1.82, 2.24) is 4.90 Å². The second kappa shape index (κ2) is 7.45. The van der Waals surface area contributed by atoms with Gasteiger partial charge >= 0.3 is 0 Å². The molecule has 1 unspecified atom stereocenters. The fourth-order valence-corrected chi connectivity index (χ4v) is 2.46. The highest BCUT2D eigenvalue weighted by Crippen LogP contribution is 2.22. The van der Waals surface area contributed by atoms with Gasteiger partial charge in [0.2, 0.25) is 0 Å². The lowest BCUT2D eigenvalue weighted by Crippen LogP contribution is -2.47. The third-order valence-electron chi connectivity index (χ3n) is 3.57. The number of piperidine rings is 1. The SMILES string of the molecule is COc1ccc(C(=O)N2CCCCC2CN)c(F)c1.Cl. The van der Waals surface area contributed by atoms with Crippen LogP contribution in [0.3, 0.4) is 0 Å². The summed E-state index contributed by atoms with van der Waals surface area (Å²) in [7, 11) is 1.46. The van der Waals surface area contributed by atoms with E-state index in [0.29, 0.717) is 18.8 Å². The van der Waals surface area contributed by atoms with Crippen LogP contribution in [-0.2, 0) is 0 Å². The Bertz CT molecular complexity index is 470. The molecule has 4 nitrogen and oxygen atoms in total. The molecule has 112 valence electrons. The molecule has 0 radical (unpaired) electrons. The summed E-state index contributed by atoms with van der Waals surface area (Å²) >= 11 is 0. The zero-order valence-corrected chi connectivity index (χ0v) is 12.3. The summed E-state index contributed by atoms with van der Waals surface area (Å²) in [5.74, 6) is -0.427. The molecule has 0 aliphatic carbocycles. The van der Waals surface area contributed by atoms with Gasteiger partial charge in [-0.2, -0.15) is 0 Å². The van der Waals surface area contributed by atoms with Crippen LogP contribution in [0.4, 0.5) is 4.39 Å². The highest BCUT2D eigenvalue weighted by molar-refractivity contribution is 5.95. The lowest BCUT2D eigenvalue weighted by molar-refractivity contribution is 0.0618. The van der Waals surface area contributed by atoms with Crippen LogP contribution in [0.1, 0.15) is 29.6 Å². The summed E-state index contributed by atoms with van der Waals surface area (Å²) in [5.41, 5.74) is 5.77. The maximum atomic E-state index is 13.9. The van der Waals surface area contributed by atoms with E-state index in [9.17, 15) is 9.18 Å². The Morgan fingerprint density at radius 2 is 2.25 bits per heavy atom. The van der Waals surface area contributed by atoms with Crippen LogP contribution in [0.2, 0.25) is 0 Å². The maximum Gasteiger partial charge on any atom is 0.257 e. The van der Waals surface area contributed by atoms with Crippen molar-refractivity contribution in [1.29, 1.82) is 0 Å². The number of nitrogens with two attached hydrogens (primary N) is 1. The molecule has 0 saturated carbocycles. The molecule has 1 saturated heterocycles. The Morgan fingerprint density at radius 1 is 1.50 bits per heavy atom. The van der Waals surface area contributed by atoms with Crippen molar-refractivity contribution in [3.63, 3.8) is 0 Å². The summed E-state index contributed by atoms with van der Waals surface area (Å²) < 4.78 is 18.8. The number of amides is 1. The Morgan fingerprint density at radius 3 is 2.85 bits per heavy atom. The van der Waals surface area contributed by atoms with Gasteiger partial charge in [-0.1, -0.05) is 0 Å². The topological polar surface area (TPSA) is 55.6 Å². The summed E-state index contributed by atoms with van der Waals surface area (Å²) in [6.07, 6.45) is 2.90. The van der Waals surface area contributed by atoms with E-state index in [0.717, 1.165) is 19.3 Å². The van der Waals surface area contributed by atoms with E-state index in [-0.39, 0.29) is 29.9 Å². The molecule has 1 aliphatic rings. The van der Waals surface area contributed by atoms with Gasteiger partial charge in [-0.15, -0.1) is 12.4 Å². The second-order valence-electron chi connectivity index (χ2n) is 4.73. The summed E-state index contributed by atoms with van der Waals surface area (Å²) in [6, 6.07) is 4.31. The van der Waals surface area contributed by atoms with Crippen LogP contribution >= 0.6 is 12.4 Å². The zero-order valence-electron chi connectivity index (χ0n) is 11.5. The van der Waals surface area contributed by atoms with Gasteiger partial charge in [-0.3, -0.25) is 4.79 Å². The Hall–Kier alpha value is -1.33. The predicted octanol–water partition coefficient (Wildman–Crippen LogP) is 2.21. The molecule has 20 heavy (non-hydrogen) atoms. The number of carbonyl (C=O) groups excluding carboxylic acids is 1. The van der Waals surface area contributed by atoms with Crippen LogP contribution in [0.15, 0.2) is 18.2 Å². The first-order chi connectivity index (χ1) is 9.17. The van der Waals surface area contributed by atoms with E-state index < -0.39 is 5.82 Å². The molecule has 2 N–H and O–H groups in total. The fourth-order valence-electron chi connectivity index (χ4n) is 2.46. The molecule has 1 aromatic carbocycles. The third kappa shape index (κ3) is 3.41. The average molecular weight is 303 g/mol. The molecule has 1 heterocycles. The minimum Gasteiger partial charge on any atom is -0.497 e. The van der Waals surface area contributed by atoms with E-state index in [1.54, 1.807) is 11.0 Å². The third-order valence-corrected chi connectivity index (χ3v) is 3.57. The van der Waals surface area contributed by atoms with Gasteiger partial charge in [-0.05, 0) is 31.4 Å². The van der Waals surface area contributed by atoms with Gasteiger partial charge in [0.1, 0.15) is 11.6 Å². The number of methoxy groups -OCH3 is 1. The van der Waals surface area contributed by atoms with Crippen LogP contribution in [0.25, 0.3) is 0 Å². The average Bonchev–Trinajstić information content (AvgIpc) is 2.46. The van der Waals surface area contributed by atoms with Gasteiger partial charge in [0, 0.05) is 25.2 Å². The molecular weight excluding hydrogens is 283 g/mol. The molecule has 6 heteroatoms. The Kier molecular flexibility index (Phi) is 6.23. The molecule has 1 fully saturated rings. The van der Waals surface area contributed by atoms with Crippen molar-refractivity contribution < 1.29 is 13.9 Å². The molecule has 1 amide bonds. The molecule has 0 bridgehead atoms. The van der Waals surface area contributed by atoms with Gasteiger partial charge in [0.25, 0.3) is 5.91 Å². The number of benzene rings is 1. The predicted molar refractivity (Wildman–Crippen MR) is 77.9 cm³/mol. The zero-order chi connectivity index (χ0) is 13.8. The lowest BCUT2D eigenvalue weighted by Gasteiger charge is -2.35. The molecular formula is C14H20ClFN2O2. The Labute approximate surface area is 124 Å². The van der Waals surface area contributed by atoms with Crippen molar-refractivity contribution in [2.24, 2.45) is 5.73 Å². The van der Waals surface area contributed by atoms with E-state index in [4.69, 9.17) is 10.5 Å². The number of likely N-dealkylation sites (tertiary alicyclic amines) is 1. The van der Waals surface area contributed by atoms with Crippen LogP contribution in [-0.4, -0.2) is 37.0 Å². The largest absolute Gasteiger partial charge is 0.497 e.